The zero-order valence-electron chi connectivity index (χ0n) is 10.6. The van der Waals surface area contributed by atoms with E-state index < -0.39 is 0 Å². The molecule has 17 heavy (non-hydrogen) atoms. The van der Waals surface area contributed by atoms with Crippen molar-refractivity contribution in [2.45, 2.75) is 26.7 Å². The van der Waals surface area contributed by atoms with Gasteiger partial charge in [-0.25, -0.2) is 0 Å². The molecule has 0 N–H and O–H groups in total. The Bertz CT molecular complexity index is 403. The zero-order valence-corrected chi connectivity index (χ0v) is 10.6. The molecule has 0 unspecified atom stereocenters. The lowest BCUT2D eigenvalue weighted by molar-refractivity contribution is 1.03. The van der Waals surface area contributed by atoms with Crippen LogP contribution in [0.15, 0.2) is 48.5 Å². The summed E-state index contributed by atoms with van der Waals surface area (Å²) in [5, 5.41) is 0. The van der Waals surface area contributed by atoms with Crippen molar-refractivity contribution >= 4 is 0 Å². The standard InChI is InChI=1S/C17H19/c1-14-6-10-16(11-7-14)4-3-5-17-12-8-15(2)9-13-17/h3,6-13H,4-5H2,1-2H3/q+1. The van der Waals surface area contributed by atoms with Crippen LogP contribution >= 0.6 is 0 Å². The minimum atomic E-state index is 1.05. The van der Waals surface area contributed by atoms with Gasteiger partial charge in [0.15, 0.2) is 0 Å². The summed E-state index contributed by atoms with van der Waals surface area (Å²) in [4.78, 5) is 0. The molecule has 86 valence electrons. The fourth-order valence-electron chi connectivity index (χ4n) is 1.85. The van der Waals surface area contributed by atoms with Gasteiger partial charge >= 0.3 is 0 Å². The molecule has 0 heteroatoms. The van der Waals surface area contributed by atoms with Crippen molar-refractivity contribution < 1.29 is 0 Å². The van der Waals surface area contributed by atoms with Crippen LogP contribution in [-0.2, 0) is 12.8 Å². The monoisotopic (exact) mass is 223 g/mol. The maximum absolute atomic E-state index is 2.34. The second-order valence-corrected chi connectivity index (χ2v) is 4.67. The molecule has 0 fully saturated rings. The van der Waals surface area contributed by atoms with Gasteiger partial charge in [-0.05, 0) is 25.0 Å². The second-order valence-electron chi connectivity index (χ2n) is 4.67. The van der Waals surface area contributed by atoms with Gasteiger partial charge in [0.05, 0.1) is 6.42 Å². The van der Waals surface area contributed by atoms with E-state index in [0.29, 0.717) is 0 Å². The summed E-state index contributed by atoms with van der Waals surface area (Å²) < 4.78 is 0. The Hall–Kier alpha value is -1.69. The lowest BCUT2D eigenvalue weighted by atomic mass is 10.0. The van der Waals surface area contributed by atoms with Crippen molar-refractivity contribution in [1.82, 2.24) is 0 Å². The third-order valence-corrected chi connectivity index (χ3v) is 3.00. The van der Waals surface area contributed by atoms with E-state index in [2.05, 4.69) is 68.8 Å². The molecule has 0 radical (unpaired) electrons. The van der Waals surface area contributed by atoms with Crippen LogP contribution in [0.3, 0.4) is 0 Å². The highest BCUT2D eigenvalue weighted by Gasteiger charge is 2.03. The first-order valence-electron chi connectivity index (χ1n) is 6.17. The lowest BCUT2D eigenvalue weighted by Gasteiger charge is -1.98. The number of benzene rings is 2. The minimum absolute atomic E-state index is 1.05. The van der Waals surface area contributed by atoms with Crippen molar-refractivity contribution in [3.8, 4) is 0 Å². The van der Waals surface area contributed by atoms with Crippen molar-refractivity contribution in [3.05, 3.63) is 77.2 Å². The SMILES string of the molecule is Cc1ccc(C[CH+]Cc2ccc(C)cc2)cc1. The van der Waals surface area contributed by atoms with E-state index in [1.807, 2.05) is 0 Å². The summed E-state index contributed by atoms with van der Waals surface area (Å²) in [6, 6.07) is 17.5. The molecular weight excluding hydrogens is 204 g/mol. The molecule has 0 aliphatic carbocycles. The van der Waals surface area contributed by atoms with Gasteiger partial charge < -0.3 is 0 Å². The third-order valence-electron chi connectivity index (χ3n) is 3.00. The molecule has 0 atom stereocenters. The Kier molecular flexibility index (Phi) is 3.87. The van der Waals surface area contributed by atoms with Crippen LogP contribution in [0.2, 0.25) is 0 Å². The van der Waals surface area contributed by atoms with Crippen LogP contribution < -0.4 is 0 Å². The van der Waals surface area contributed by atoms with Gasteiger partial charge in [0.2, 0.25) is 0 Å². The molecule has 0 amide bonds. The minimum Gasteiger partial charge on any atom is -0.0589 e. The predicted octanol–water partition coefficient (Wildman–Crippen LogP) is 4.29. The van der Waals surface area contributed by atoms with E-state index in [4.69, 9.17) is 0 Å². The summed E-state index contributed by atoms with van der Waals surface area (Å²) in [7, 11) is 0. The molecule has 0 aromatic heterocycles. The molecular formula is C17H19+. The average Bonchev–Trinajstić information content (AvgIpc) is 2.34. The third kappa shape index (κ3) is 3.67. The van der Waals surface area contributed by atoms with Crippen molar-refractivity contribution in [3.63, 3.8) is 0 Å². The fraction of sp³-hybridized carbons (Fsp3) is 0.235. The topological polar surface area (TPSA) is 0 Å². The highest BCUT2D eigenvalue weighted by atomic mass is 14.0. The van der Waals surface area contributed by atoms with Gasteiger partial charge in [-0.1, -0.05) is 59.7 Å². The molecule has 0 aliphatic rings. The Morgan fingerprint density at radius 3 is 1.35 bits per heavy atom. The summed E-state index contributed by atoms with van der Waals surface area (Å²) in [6.07, 6.45) is 4.44. The molecule has 0 nitrogen and oxygen atoms in total. The maximum Gasteiger partial charge on any atom is 0.113 e. The first-order valence-corrected chi connectivity index (χ1v) is 6.17. The van der Waals surface area contributed by atoms with Gasteiger partial charge in [-0.15, -0.1) is 0 Å². The normalized spacial score (nSPS) is 10.2. The lowest BCUT2D eigenvalue weighted by Crippen LogP contribution is -1.91. The summed E-state index contributed by atoms with van der Waals surface area (Å²) in [5.74, 6) is 0. The summed E-state index contributed by atoms with van der Waals surface area (Å²) >= 11 is 0. The van der Waals surface area contributed by atoms with Crippen LogP contribution in [0.5, 0.6) is 0 Å². The summed E-state index contributed by atoms with van der Waals surface area (Å²) in [6.45, 7) is 4.25. The fourth-order valence-corrected chi connectivity index (χ4v) is 1.85. The average molecular weight is 223 g/mol. The van der Waals surface area contributed by atoms with Crippen LogP contribution in [0.25, 0.3) is 0 Å². The van der Waals surface area contributed by atoms with Crippen molar-refractivity contribution in [1.29, 1.82) is 0 Å². The van der Waals surface area contributed by atoms with E-state index in [0.717, 1.165) is 12.8 Å². The van der Waals surface area contributed by atoms with Crippen molar-refractivity contribution in [2.24, 2.45) is 0 Å². The van der Waals surface area contributed by atoms with Gasteiger partial charge in [0.25, 0.3) is 0 Å². The Morgan fingerprint density at radius 2 is 1.00 bits per heavy atom. The highest BCUT2D eigenvalue weighted by molar-refractivity contribution is 5.25. The number of hydrogen-bond acceptors (Lipinski definition) is 0. The Morgan fingerprint density at radius 1 is 0.647 bits per heavy atom. The number of rotatable bonds is 4. The molecule has 0 saturated heterocycles. The van der Waals surface area contributed by atoms with Crippen molar-refractivity contribution in [2.75, 3.05) is 0 Å². The van der Waals surface area contributed by atoms with Gasteiger partial charge in [-0.2, -0.15) is 0 Å². The van der Waals surface area contributed by atoms with E-state index in [-0.39, 0.29) is 0 Å². The largest absolute Gasteiger partial charge is 0.113 e. The van der Waals surface area contributed by atoms with Crippen LogP contribution in [0, 0.1) is 20.3 Å². The molecule has 0 bridgehead atoms. The van der Waals surface area contributed by atoms with Crippen LogP contribution in [0.4, 0.5) is 0 Å². The maximum atomic E-state index is 2.34. The van der Waals surface area contributed by atoms with E-state index >= 15 is 0 Å². The quantitative estimate of drug-likeness (QED) is 0.678. The van der Waals surface area contributed by atoms with Gasteiger partial charge in [0.1, 0.15) is 12.8 Å². The number of hydrogen-bond donors (Lipinski definition) is 0. The Labute approximate surface area is 104 Å². The molecule has 0 spiro atoms. The second kappa shape index (κ2) is 5.58. The van der Waals surface area contributed by atoms with Crippen LogP contribution in [0.1, 0.15) is 22.3 Å². The van der Waals surface area contributed by atoms with Crippen LogP contribution in [-0.4, -0.2) is 0 Å². The molecule has 0 heterocycles. The Balaban J connectivity index is 1.83. The van der Waals surface area contributed by atoms with Gasteiger partial charge in [0, 0.05) is 0 Å². The van der Waals surface area contributed by atoms with Gasteiger partial charge in [-0.3, -0.25) is 0 Å². The first-order chi connectivity index (χ1) is 8.24. The zero-order chi connectivity index (χ0) is 12.1. The van der Waals surface area contributed by atoms with E-state index in [1.54, 1.807) is 0 Å². The van der Waals surface area contributed by atoms with E-state index in [9.17, 15) is 0 Å². The molecule has 0 saturated carbocycles. The van der Waals surface area contributed by atoms with E-state index in [1.165, 1.54) is 22.3 Å². The molecule has 2 aromatic carbocycles. The smallest absolute Gasteiger partial charge is 0.0589 e. The highest BCUT2D eigenvalue weighted by Crippen LogP contribution is 2.09. The molecule has 2 aromatic rings. The first kappa shape index (κ1) is 11.8. The summed E-state index contributed by atoms with van der Waals surface area (Å²) in [5.41, 5.74) is 5.44. The molecule has 0 aliphatic heterocycles. The molecule has 2 rings (SSSR count). The predicted molar refractivity (Wildman–Crippen MR) is 74.1 cm³/mol. The number of aryl methyl sites for hydroxylation is 2.